The topological polar surface area (TPSA) is 26.3 Å². The minimum absolute atomic E-state index is 0.0583. The van der Waals surface area contributed by atoms with Gasteiger partial charge in [0.15, 0.2) is 5.78 Å². The fourth-order valence-electron chi connectivity index (χ4n) is 1.35. The van der Waals surface area contributed by atoms with Crippen LogP contribution in [-0.2, 0) is 11.2 Å². The van der Waals surface area contributed by atoms with Gasteiger partial charge in [0.05, 0.1) is 6.10 Å². The summed E-state index contributed by atoms with van der Waals surface area (Å²) < 4.78 is 5.41. The maximum Gasteiger partial charge on any atom is 0.188 e. The molecule has 0 saturated heterocycles. The molecule has 0 amide bonds. The Bertz CT molecular complexity index is 327. The molecule has 1 aromatic rings. The SMILES string of the molecule is CCc1ccc(C(=O)COC(C)CC)cc1. The Hall–Kier alpha value is -1.15. The monoisotopic (exact) mass is 220 g/mol. The molecule has 1 unspecified atom stereocenters. The van der Waals surface area contributed by atoms with Crippen LogP contribution in [0.15, 0.2) is 24.3 Å². The second-order valence-corrected chi connectivity index (χ2v) is 4.00. The second kappa shape index (κ2) is 6.44. The molecule has 0 heterocycles. The summed E-state index contributed by atoms with van der Waals surface area (Å²) in [7, 11) is 0. The maximum absolute atomic E-state index is 11.7. The molecule has 1 aromatic carbocycles. The minimum Gasteiger partial charge on any atom is -0.370 e. The molecule has 0 spiro atoms. The van der Waals surface area contributed by atoms with Crippen LogP contribution in [0, 0.1) is 0 Å². The first-order valence-electron chi connectivity index (χ1n) is 5.91. The fourth-order valence-corrected chi connectivity index (χ4v) is 1.35. The number of hydrogen-bond donors (Lipinski definition) is 0. The van der Waals surface area contributed by atoms with Crippen LogP contribution in [0.5, 0.6) is 0 Å². The van der Waals surface area contributed by atoms with Gasteiger partial charge >= 0.3 is 0 Å². The molecule has 0 aromatic heterocycles. The van der Waals surface area contributed by atoms with Crippen LogP contribution in [0.1, 0.15) is 43.1 Å². The molecule has 0 aliphatic carbocycles. The first kappa shape index (κ1) is 12.9. The van der Waals surface area contributed by atoms with Crippen molar-refractivity contribution in [1.82, 2.24) is 0 Å². The predicted molar refractivity (Wildman–Crippen MR) is 65.9 cm³/mol. The first-order chi connectivity index (χ1) is 7.67. The normalized spacial score (nSPS) is 12.4. The highest BCUT2D eigenvalue weighted by Gasteiger charge is 2.07. The summed E-state index contributed by atoms with van der Waals surface area (Å²) in [6, 6.07) is 7.75. The van der Waals surface area contributed by atoms with Gasteiger partial charge in [-0.25, -0.2) is 0 Å². The Morgan fingerprint density at radius 1 is 1.25 bits per heavy atom. The van der Waals surface area contributed by atoms with Crippen molar-refractivity contribution >= 4 is 5.78 Å². The molecular formula is C14H20O2. The Kier molecular flexibility index (Phi) is 5.20. The molecule has 0 aliphatic rings. The third-order valence-corrected chi connectivity index (χ3v) is 2.76. The molecule has 1 rings (SSSR count). The van der Waals surface area contributed by atoms with Crippen molar-refractivity contribution < 1.29 is 9.53 Å². The summed E-state index contributed by atoms with van der Waals surface area (Å²) in [4.78, 5) is 11.7. The quantitative estimate of drug-likeness (QED) is 0.688. The lowest BCUT2D eigenvalue weighted by molar-refractivity contribution is 0.0511. The van der Waals surface area contributed by atoms with Crippen molar-refractivity contribution in [1.29, 1.82) is 0 Å². The van der Waals surface area contributed by atoms with Gasteiger partial charge in [-0.05, 0) is 25.3 Å². The van der Waals surface area contributed by atoms with Gasteiger partial charge in [-0.1, -0.05) is 38.1 Å². The number of carbonyl (C=O) groups excluding carboxylic acids is 1. The smallest absolute Gasteiger partial charge is 0.188 e. The van der Waals surface area contributed by atoms with E-state index in [4.69, 9.17) is 4.74 Å². The molecule has 2 nitrogen and oxygen atoms in total. The molecule has 88 valence electrons. The number of ether oxygens (including phenoxy) is 1. The number of ketones is 1. The minimum atomic E-state index is 0.0583. The Morgan fingerprint density at radius 3 is 2.38 bits per heavy atom. The number of carbonyl (C=O) groups is 1. The van der Waals surface area contributed by atoms with Crippen molar-refractivity contribution in [3.05, 3.63) is 35.4 Å². The van der Waals surface area contributed by atoms with Crippen LogP contribution in [-0.4, -0.2) is 18.5 Å². The molecule has 0 fully saturated rings. The van der Waals surface area contributed by atoms with Gasteiger partial charge in [0, 0.05) is 5.56 Å². The van der Waals surface area contributed by atoms with Crippen molar-refractivity contribution in [2.45, 2.75) is 39.7 Å². The highest BCUT2D eigenvalue weighted by molar-refractivity contribution is 5.97. The van der Waals surface area contributed by atoms with Crippen molar-refractivity contribution in [2.24, 2.45) is 0 Å². The summed E-state index contributed by atoms with van der Waals surface area (Å²) in [5, 5.41) is 0. The van der Waals surface area contributed by atoms with Gasteiger partial charge in [0.25, 0.3) is 0 Å². The van der Waals surface area contributed by atoms with E-state index in [1.165, 1.54) is 5.56 Å². The second-order valence-electron chi connectivity index (χ2n) is 4.00. The molecule has 0 saturated carbocycles. The lowest BCUT2D eigenvalue weighted by Gasteiger charge is -2.09. The van der Waals surface area contributed by atoms with E-state index in [-0.39, 0.29) is 18.5 Å². The zero-order valence-corrected chi connectivity index (χ0v) is 10.3. The predicted octanol–water partition coefficient (Wildman–Crippen LogP) is 3.25. The summed E-state index contributed by atoms with van der Waals surface area (Å²) in [5.74, 6) is 0.0583. The Labute approximate surface area is 97.6 Å². The van der Waals surface area contributed by atoms with Crippen LogP contribution in [0.2, 0.25) is 0 Å². The van der Waals surface area contributed by atoms with Gasteiger partial charge in [0.1, 0.15) is 6.61 Å². The van der Waals surface area contributed by atoms with Crippen LogP contribution >= 0.6 is 0 Å². The van der Waals surface area contributed by atoms with Crippen molar-refractivity contribution in [3.8, 4) is 0 Å². The van der Waals surface area contributed by atoms with E-state index in [2.05, 4.69) is 6.92 Å². The molecular weight excluding hydrogens is 200 g/mol. The van der Waals surface area contributed by atoms with Crippen LogP contribution in [0.4, 0.5) is 0 Å². The van der Waals surface area contributed by atoms with Crippen molar-refractivity contribution in [3.63, 3.8) is 0 Å². The largest absolute Gasteiger partial charge is 0.370 e. The summed E-state index contributed by atoms with van der Waals surface area (Å²) in [5.41, 5.74) is 1.99. The molecule has 16 heavy (non-hydrogen) atoms. The average molecular weight is 220 g/mol. The van der Waals surface area contributed by atoms with Gasteiger partial charge in [-0.3, -0.25) is 4.79 Å². The summed E-state index contributed by atoms with van der Waals surface area (Å²) >= 11 is 0. The number of benzene rings is 1. The van der Waals surface area contributed by atoms with E-state index in [0.29, 0.717) is 0 Å². The van der Waals surface area contributed by atoms with E-state index >= 15 is 0 Å². The zero-order valence-electron chi connectivity index (χ0n) is 10.3. The fraction of sp³-hybridized carbons (Fsp3) is 0.500. The van der Waals surface area contributed by atoms with E-state index in [9.17, 15) is 4.79 Å². The van der Waals surface area contributed by atoms with E-state index in [0.717, 1.165) is 18.4 Å². The molecule has 0 bridgehead atoms. The maximum atomic E-state index is 11.7. The third kappa shape index (κ3) is 3.78. The highest BCUT2D eigenvalue weighted by atomic mass is 16.5. The lowest BCUT2D eigenvalue weighted by atomic mass is 10.1. The lowest BCUT2D eigenvalue weighted by Crippen LogP contribution is -2.15. The highest BCUT2D eigenvalue weighted by Crippen LogP contribution is 2.07. The summed E-state index contributed by atoms with van der Waals surface area (Å²) in [6.45, 7) is 6.31. The standard InChI is InChI=1S/C14H20O2/c1-4-11(3)16-10-14(15)13-8-6-12(5-2)7-9-13/h6-9,11H,4-5,10H2,1-3H3. The van der Waals surface area contributed by atoms with E-state index in [1.54, 1.807) is 0 Å². The van der Waals surface area contributed by atoms with Gasteiger partial charge in [0.2, 0.25) is 0 Å². The molecule has 0 radical (unpaired) electrons. The van der Waals surface area contributed by atoms with E-state index < -0.39 is 0 Å². The average Bonchev–Trinajstić information content (AvgIpc) is 2.35. The molecule has 1 atom stereocenters. The van der Waals surface area contributed by atoms with Gasteiger partial charge in [-0.2, -0.15) is 0 Å². The zero-order chi connectivity index (χ0) is 12.0. The van der Waals surface area contributed by atoms with Crippen molar-refractivity contribution in [2.75, 3.05) is 6.61 Å². The number of rotatable bonds is 6. The third-order valence-electron chi connectivity index (χ3n) is 2.76. The van der Waals surface area contributed by atoms with Gasteiger partial charge < -0.3 is 4.74 Å². The van der Waals surface area contributed by atoms with Crippen LogP contribution in [0.25, 0.3) is 0 Å². The first-order valence-corrected chi connectivity index (χ1v) is 5.91. The van der Waals surface area contributed by atoms with Crippen LogP contribution < -0.4 is 0 Å². The Morgan fingerprint density at radius 2 is 1.88 bits per heavy atom. The van der Waals surface area contributed by atoms with Crippen LogP contribution in [0.3, 0.4) is 0 Å². The van der Waals surface area contributed by atoms with E-state index in [1.807, 2.05) is 38.1 Å². The molecule has 2 heteroatoms. The number of hydrogen-bond acceptors (Lipinski definition) is 2. The number of Topliss-reactive ketones (excluding diaryl/α,β-unsaturated/α-hetero) is 1. The molecule has 0 aliphatic heterocycles. The molecule has 0 N–H and O–H groups in total. The van der Waals surface area contributed by atoms with Gasteiger partial charge in [-0.15, -0.1) is 0 Å². The number of aryl methyl sites for hydroxylation is 1. The summed E-state index contributed by atoms with van der Waals surface area (Å²) in [6.07, 6.45) is 2.08. The Balaban J connectivity index is 2.52.